The molecule has 1 aromatic carbocycles. The first kappa shape index (κ1) is 11.2. The van der Waals surface area contributed by atoms with Crippen molar-refractivity contribution in [2.75, 3.05) is 6.54 Å². The molecular weight excluding hydrogens is 186 g/mol. The minimum absolute atomic E-state index is 1.05. The minimum atomic E-state index is -1.32. The molecule has 0 bridgehead atoms. The summed E-state index contributed by atoms with van der Waals surface area (Å²) < 4.78 is 0. The fourth-order valence-electron chi connectivity index (χ4n) is 1.25. The van der Waals surface area contributed by atoms with Gasteiger partial charge in [-0.1, -0.05) is 49.1 Å². The Morgan fingerprint density at radius 2 is 1.93 bits per heavy atom. The summed E-state index contributed by atoms with van der Waals surface area (Å²) in [6, 6.07) is 10.6. The Balaban J connectivity index is 2.32. The number of hydrogen-bond donors (Lipinski definition) is 1. The maximum Gasteiger partial charge on any atom is 0.143 e. The Morgan fingerprint density at radius 3 is 2.50 bits per heavy atom. The van der Waals surface area contributed by atoms with Gasteiger partial charge in [0.25, 0.3) is 0 Å². The van der Waals surface area contributed by atoms with Gasteiger partial charge in [-0.15, -0.1) is 6.58 Å². The molecule has 0 atom stereocenters. The van der Waals surface area contributed by atoms with Crippen molar-refractivity contribution in [3.05, 3.63) is 48.2 Å². The molecule has 0 radical (unpaired) electrons. The molecule has 0 unspecified atom stereocenters. The molecule has 0 saturated heterocycles. The predicted octanol–water partition coefficient (Wildman–Crippen LogP) is 2.75. The van der Waals surface area contributed by atoms with Gasteiger partial charge < -0.3 is 4.98 Å². The minimum Gasteiger partial charge on any atom is -0.334 e. The highest BCUT2D eigenvalue weighted by atomic mass is 28.3. The van der Waals surface area contributed by atoms with Crippen LogP contribution in [0.4, 0.5) is 0 Å². The summed E-state index contributed by atoms with van der Waals surface area (Å²) in [7, 11) is -1.32. The third kappa shape index (κ3) is 3.90. The van der Waals surface area contributed by atoms with Crippen LogP contribution in [-0.2, 0) is 6.42 Å². The van der Waals surface area contributed by atoms with Gasteiger partial charge in [0.15, 0.2) is 0 Å². The van der Waals surface area contributed by atoms with Crippen molar-refractivity contribution in [2.45, 2.75) is 19.5 Å². The van der Waals surface area contributed by atoms with Crippen LogP contribution in [0.5, 0.6) is 0 Å². The van der Waals surface area contributed by atoms with Crippen LogP contribution in [0.1, 0.15) is 5.56 Å². The molecule has 1 nitrogen and oxygen atoms in total. The van der Waals surface area contributed by atoms with Crippen LogP contribution in [0.25, 0.3) is 0 Å². The van der Waals surface area contributed by atoms with Crippen LogP contribution in [0, 0.1) is 0 Å². The first-order valence-electron chi connectivity index (χ1n) is 5.06. The predicted molar refractivity (Wildman–Crippen MR) is 65.8 cm³/mol. The molecule has 0 fully saturated rings. The standard InChI is InChI=1S/C12H19NSi/c1-4-14(2,3)13-11-10-12-8-6-5-7-9-12/h4-9,13H,1,10-11H2,2-3H3. The summed E-state index contributed by atoms with van der Waals surface area (Å²) in [6.45, 7) is 9.45. The number of benzene rings is 1. The van der Waals surface area contributed by atoms with E-state index in [-0.39, 0.29) is 0 Å². The molecule has 0 spiro atoms. The van der Waals surface area contributed by atoms with Crippen molar-refractivity contribution in [3.8, 4) is 0 Å². The summed E-state index contributed by atoms with van der Waals surface area (Å²) in [6.07, 6.45) is 1.10. The molecule has 0 amide bonds. The molecular formula is C12H19NSi. The SMILES string of the molecule is C=C[Si](C)(C)NCCc1ccccc1. The highest BCUT2D eigenvalue weighted by molar-refractivity contribution is 6.79. The molecule has 0 aliphatic rings. The van der Waals surface area contributed by atoms with E-state index in [1.165, 1.54) is 5.56 Å². The van der Waals surface area contributed by atoms with E-state index in [0.29, 0.717) is 0 Å². The largest absolute Gasteiger partial charge is 0.334 e. The van der Waals surface area contributed by atoms with E-state index in [1.54, 1.807) is 0 Å². The Labute approximate surface area is 87.9 Å². The molecule has 14 heavy (non-hydrogen) atoms. The van der Waals surface area contributed by atoms with Gasteiger partial charge in [0.1, 0.15) is 8.24 Å². The number of nitrogens with one attached hydrogen (secondary N) is 1. The summed E-state index contributed by atoms with van der Waals surface area (Å²) in [4.78, 5) is 3.58. The lowest BCUT2D eigenvalue weighted by atomic mass is 10.2. The second-order valence-electron chi connectivity index (χ2n) is 4.09. The van der Waals surface area contributed by atoms with Crippen molar-refractivity contribution in [3.63, 3.8) is 0 Å². The first-order valence-corrected chi connectivity index (χ1v) is 8.14. The van der Waals surface area contributed by atoms with Gasteiger partial charge in [0.05, 0.1) is 0 Å². The lowest BCUT2D eigenvalue weighted by molar-refractivity contribution is 0.871. The summed E-state index contributed by atoms with van der Waals surface area (Å²) >= 11 is 0. The summed E-state index contributed by atoms with van der Waals surface area (Å²) in [5.74, 6) is 0. The van der Waals surface area contributed by atoms with E-state index in [9.17, 15) is 0 Å². The summed E-state index contributed by atoms with van der Waals surface area (Å²) in [5.41, 5.74) is 3.48. The van der Waals surface area contributed by atoms with Crippen molar-refractivity contribution in [2.24, 2.45) is 0 Å². The third-order valence-corrected chi connectivity index (χ3v) is 4.53. The molecule has 76 valence electrons. The maximum absolute atomic E-state index is 3.86. The second kappa shape index (κ2) is 5.13. The monoisotopic (exact) mass is 205 g/mol. The average Bonchev–Trinajstić information content (AvgIpc) is 2.19. The Morgan fingerprint density at radius 1 is 1.29 bits per heavy atom. The lowest BCUT2D eigenvalue weighted by Gasteiger charge is -2.18. The molecule has 0 heterocycles. The number of hydrogen-bond acceptors (Lipinski definition) is 1. The molecule has 0 aliphatic carbocycles. The van der Waals surface area contributed by atoms with Crippen LogP contribution in [0.2, 0.25) is 13.1 Å². The fourth-order valence-corrected chi connectivity index (χ4v) is 2.16. The molecule has 0 aromatic heterocycles. The molecule has 1 N–H and O–H groups in total. The van der Waals surface area contributed by atoms with Gasteiger partial charge in [0, 0.05) is 0 Å². The van der Waals surface area contributed by atoms with E-state index in [4.69, 9.17) is 0 Å². The van der Waals surface area contributed by atoms with E-state index >= 15 is 0 Å². The molecule has 0 aliphatic heterocycles. The van der Waals surface area contributed by atoms with E-state index in [1.807, 2.05) is 0 Å². The van der Waals surface area contributed by atoms with E-state index in [2.05, 4.69) is 60.7 Å². The van der Waals surface area contributed by atoms with E-state index < -0.39 is 8.24 Å². The van der Waals surface area contributed by atoms with Crippen LogP contribution in [-0.4, -0.2) is 14.8 Å². The third-order valence-electron chi connectivity index (χ3n) is 2.35. The molecule has 0 saturated carbocycles. The normalized spacial score (nSPS) is 11.3. The van der Waals surface area contributed by atoms with Crippen molar-refractivity contribution < 1.29 is 0 Å². The molecule has 1 aromatic rings. The Hall–Kier alpha value is -0.863. The zero-order chi connectivity index (χ0) is 10.4. The Kier molecular flexibility index (Phi) is 4.11. The van der Waals surface area contributed by atoms with Gasteiger partial charge in [-0.05, 0) is 18.5 Å². The quantitative estimate of drug-likeness (QED) is 0.729. The zero-order valence-corrected chi connectivity index (χ0v) is 10.1. The fraction of sp³-hybridized carbons (Fsp3) is 0.333. The van der Waals surface area contributed by atoms with Crippen molar-refractivity contribution >= 4 is 8.24 Å². The zero-order valence-electron chi connectivity index (χ0n) is 9.09. The smallest absolute Gasteiger partial charge is 0.143 e. The van der Waals surface area contributed by atoms with Crippen LogP contribution >= 0.6 is 0 Å². The van der Waals surface area contributed by atoms with Crippen molar-refractivity contribution in [1.82, 2.24) is 4.98 Å². The maximum atomic E-state index is 3.86. The van der Waals surface area contributed by atoms with Crippen LogP contribution in [0.3, 0.4) is 0 Å². The average molecular weight is 205 g/mol. The number of rotatable bonds is 5. The first-order chi connectivity index (χ1) is 6.64. The molecule has 2 heteroatoms. The Bertz CT molecular complexity index is 280. The van der Waals surface area contributed by atoms with Crippen LogP contribution < -0.4 is 4.98 Å². The lowest BCUT2D eigenvalue weighted by Crippen LogP contribution is -2.43. The van der Waals surface area contributed by atoms with Gasteiger partial charge >= 0.3 is 0 Å². The summed E-state index contributed by atoms with van der Waals surface area (Å²) in [5, 5.41) is 0. The highest BCUT2D eigenvalue weighted by Gasteiger charge is 2.13. The van der Waals surface area contributed by atoms with E-state index in [0.717, 1.165) is 13.0 Å². The highest BCUT2D eigenvalue weighted by Crippen LogP contribution is 2.01. The van der Waals surface area contributed by atoms with Gasteiger partial charge in [-0.2, -0.15) is 0 Å². The van der Waals surface area contributed by atoms with Gasteiger partial charge in [-0.3, -0.25) is 0 Å². The second-order valence-corrected chi connectivity index (χ2v) is 8.29. The van der Waals surface area contributed by atoms with Gasteiger partial charge in [-0.25, -0.2) is 0 Å². The van der Waals surface area contributed by atoms with Gasteiger partial charge in [0.2, 0.25) is 0 Å². The molecule has 1 rings (SSSR count). The van der Waals surface area contributed by atoms with Crippen LogP contribution in [0.15, 0.2) is 42.6 Å². The van der Waals surface area contributed by atoms with Crippen molar-refractivity contribution in [1.29, 1.82) is 0 Å². The topological polar surface area (TPSA) is 12.0 Å².